The molecule has 206 valence electrons. The lowest BCUT2D eigenvalue weighted by Crippen LogP contribution is -2.54. The van der Waals surface area contributed by atoms with Gasteiger partial charge in [0.05, 0.1) is 18.4 Å². The second-order valence-corrected chi connectivity index (χ2v) is 13.2. The molecule has 0 unspecified atom stereocenters. The molecule has 0 aromatic carbocycles. The highest BCUT2D eigenvalue weighted by molar-refractivity contribution is 5.85. The third kappa shape index (κ3) is 5.35. The van der Waals surface area contributed by atoms with Crippen molar-refractivity contribution in [1.29, 1.82) is 0 Å². The normalized spacial score (nSPS) is 40.4. The number of carbonyl (C=O) groups is 1. The molecule has 4 aliphatic carbocycles. The van der Waals surface area contributed by atoms with Gasteiger partial charge < -0.3 is 20.4 Å². The maximum Gasteiger partial charge on any atom is 0.436 e. The molecule has 4 aliphatic rings. The topological polar surface area (TPSA) is 94.4 Å². The summed E-state index contributed by atoms with van der Waals surface area (Å²) < 4.78 is 0. The summed E-state index contributed by atoms with van der Waals surface area (Å²) in [6, 6.07) is 0.339. The highest BCUT2D eigenvalue weighted by Gasteiger charge is 2.60. The van der Waals surface area contributed by atoms with Crippen LogP contribution >= 0.6 is 0 Å². The molecule has 0 aromatic heterocycles. The standard InChI is InChI=1S/C29H51N3O4/c1-19(2)30-14-15-32(16-17-33)27(35)36-31-20(3)24-8-9-25-23-7-6-21-18-22(34)10-12-28(21,4)26(23)11-13-29(24,25)5/h19,21-26,30,33-34H,6-18H2,1-5H3/b31-20+/t21-,22-,23-,24+,25-,26-,28-,29+/m0/s1. The van der Waals surface area contributed by atoms with Crippen LogP contribution in [0.5, 0.6) is 0 Å². The van der Waals surface area contributed by atoms with Gasteiger partial charge in [0.25, 0.3) is 0 Å². The van der Waals surface area contributed by atoms with E-state index in [-0.39, 0.29) is 24.7 Å². The number of fused-ring (bicyclic) bond motifs is 5. The predicted molar refractivity (Wildman–Crippen MR) is 143 cm³/mol. The van der Waals surface area contributed by atoms with Crippen LogP contribution in [0.1, 0.15) is 92.4 Å². The molecule has 4 saturated carbocycles. The molecule has 0 heterocycles. The van der Waals surface area contributed by atoms with Gasteiger partial charge in [-0.15, -0.1) is 0 Å². The molecule has 0 saturated heterocycles. The largest absolute Gasteiger partial charge is 0.436 e. The number of aliphatic hydroxyl groups excluding tert-OH is 2. The van der Waals surface area contributed by atoms with E-state index in [1.54, 1.807) is 0 Å². The van der Waals surface area contributed by atoms with Crippen molar-refractivity contribution < 1.29 is 19.8 Å². The van der Waals surface area contributed by atoms with Crippen LogP contribution in [0.2, 0.25) is 0 Å². The minimum atomic E-state index is -0.483. The third-order valence-corrected chi connectivity index (χ3v) is 11.0. The smallest absolute Gasteiger partial charge is 0.395 e. The third-order valence-electron chi connectivity index (χ3n) is 11.0. The van der Waals surface area contributed by atoms with Gasteiger partial charge in [-0.3, -0.25) is 4.84 Å². The number of nitrogens with one attached hydrogen (secondary N) is 1. The Bertz CT molecular complexity index is 803. The van der Waals surface area contributed by atoms with Gasteiger partial charge in [-0.25, -0.2) is 4.79 Å². The van der Waals surface area contributed by atoms with E-state index in [1.807, 2.05) is 6.92 Å². The fourth-order valence-corrected chi connectivity index (χ4v) is 9.06. The van der Waals surface area contributed by atoms with Crippen LogP contribution < -0.4 is 5.32 Å². The predicted octanol–water partition coefficient (Wildman–Crippen LogP) is 4.81. The van der Waals surface area contributed by atoms with Crippen LogP contribution in [0.4, 0.5) is 4.79 Å². The Morgan fingerprint density at radius 1 is 1.06 bits per heavy atom. The molecule has 0 aliphatic heterocycles. The summed E-state index contributed by atoms with van der Waals surface area (Å²) in [7, 11) is 0. The summed E-state index contributed by atoms with van der Waals surface area (Å²) in [6.07, 6.45) is 10.00. The molecule has 36 heavy (non-hydrogen) atoms. The van der Waals surface area contributed by atoms with Crippen LogP contribution in [0.15, 0.2) is 5.16 Å². The van der Waals surface area contributed by atoms with Crippen molar-refractivity contribution in [2.24, 2.45) is 45.6 Å². The van der Waals surface area contributed by atoms with Gasteiger partial charge in [0.1, 0.15) is 0 Å². The molecule has 0 radical (unpaired) electrons. The van der Waals surface area contributed by atoms with Gasteiger partial charge in [0, 0.05) is 31.6 Å². The van der Waals surface area contributed by atoms with E-state index >= 15 is 0 Å². The van der Waals surface area contributed by atoms with Crippen molar-refractivity contribution in [2.45, 2.75) is 105 Å². The van der Waals surface area contributed by atoms with Crippen LogP contribution in [0.3, 0.4) is 0 Å². The summed E-state index contributed by atoms with van der Waals surface area (Å²) in [5.74, 6) is 3.30. The van der Waals surface area contributed by atoms with E-state index in [9.17, 15) is 15.0 Å². The number of carbonyl (C=O) groups excluding carboxylic acids is 1. The molecule has 7 nitrogen and oxygen atoms in total. The van der Waals surface area contributed by atoms with E-state index in [4.69, 9.17) is 4.84 Å². The summed E-state index contributed by atoms with van der Waals surface area (Å²) in [5.41, 5.74) is 1.54. The second-order valence-electron chi connectivity index (χ2n) is 13.2. The zero-order valence-electron chi connectivity index (χ0n) is 23.3. The van der Waals surface area contributed by atoms with Crippen molar-refractivity contribution in [3.8, 4) is 0 Å². The summed E-state index contributed by atoms with van der Waals surface area (Å²) in [4.78, 5) is 19.7. The highest BCUT2D eigenvalue weighted by atomic mass is 16.7. The number of hydrogen-bond acceptors (Lipinski definition) is 6. The average molecular weight is 506 g/mol. The lowest BCUT2D eigenvalue weighted by atomic mass is 9.44. The Kier molecular flexibility index (Phi) is 8.73. The molecule has 0 aromatic rings. The number of rotatable bonds is 8. The fraction of sp³-hybridized carbons (Fsp3) is 0.931. The second kappa shape index (κ2) is 11.3. The molecule has 3 N–H and O–H groups in total. The highest BCUT2D eigenvalue weighted by Crippen LogP contribution is 2.67. The van der Waals surface area contributed by atoms with E-state index < -0.39 is 6.09 Å². The number of amides is 1. The van der Waals surface area contributed by atoms with Gasteiger partial charge in [-0.1, -0.05) is 32.9 Å². The van der Waals surface area contributed by atoms with Crippen molar-refractivity contribution in [1.82, 2.24) is 10.2 Å². The minimum absolute atomic E-state index is 0.0920. The summed E-state index contributed by atoms with van der Waals surface area (Å²) in [6.45, 7) is 12.5. The lowest BCUT2D eigenvalue weighted by molar-refractivity contribution is -0.123. The Hall–Kier alpha value is -1.18. The van der Waals surface area contributed by atoms with Gasteiger partial charge in [0.15, 0.2) is 0 Å². The molecule has 4 fully saturated rings. The number of oxime groups is 1. The molecular weight excluding hydrogens is 454 g/mol. The summed E-state index contributed by atoms with van der Waals surface area (Å²) >= 11 is 0. The number of hydrogen-bond donors (Lipinski definition) is 3. The zero-order chi connectivity index (χ0) is 26.1. The first-order valence-corrected chi connectivity index (χ1v) is 14.6. The fourth-order valence-electron chi connectivity index (χ4n) is 9.06. The zero-order valence-corrected chi connectivity index (χ0v) is 23.3. The first kappa shape index (κ1) is 27.8. The van der Waals surface area contributed by atoms with Gasteiger partial charge in [0.2, 0.25) is 0 Å². The Balaban J connectivity index is 1.40. The number of aliphatic hydroxyl groups is 2. The van der Waals surface area contributed by atoms with Crippen molar-refractivity contribution >= 4 is 11.8 Å². The van der Waals surface area contributed by atoms with E-state index in [0.29, 0.717) is 42.3 Å². The molecule has 4 rings (SSSR count). The Labute approximate surface area is 218 Å². The maximum atomic E-state index is 12.7. The molecule has 0 bridgehead atoms. The molecule has 0 spiro atoms. The van der Waals surface area contributed by atoms with Gasteiger partial charge >= 0.3 is 6.09 Å². The van der Waals surface area contributed by atoms with E-state index in [2.05, 4.69) is 38.2 Å². The van der Waals surface area contributed by atoms with Gasteiger partial charge in [-0.05, 0) is 99.2 Å². The minimum Gasteiger partial charge on any atom is -0.395 e. The van der Waals surface area contributed by atoms with Crippen LogP contribution in [0, 0.1) is 40.4 Å². The van der Waals surface area contributed by atoms with Crippen molar-refractivity contribution in [3.05, 3.63) is 0 Å². The molecule has 7 heteroatoms. The van der Waals surface area contributed by atoms with Crippen molar-refractivity contribution in [2.75, 3.05) is 26.2 Å². The first-order valence-electron chi connectivity index (χ1n) is 14.6. The van der Waals surface area contributed by atoms with Gasteiger partial charge in [-0.2, -0.15) is 0 Å². The molecule has 1 amide bonds. The molecular formula is C29H51N3O4. The van der Waals surface area contributed by atoms with E-state index in [0.717, 1.165) is 36.8 Å². The van der Waals surface area contributed by atoms with Crippen LogP contribution in [0.25, 0.3) is 0 Å². The molecule has 8 atom stereocenters. The maximum absolute atomic E-state index is 12.7. The first-order chi connectivity index (χ1) is 17.1. The lowest BCUT2D eigenvalue weighted by Gasteiger charge is -2.61. The quantitative estimate of drug-likeness (QED) is 0.250. The van der Waals surface area contributed by atoms with Crippen LogP contribution in [-0.2, 0) is 4.84 Å². The van der Waals surface area contributed by atoms with Crippen LogP contribution in [-0.4, -0.2) is 65.3 Å². The average Bonchev–Trinajstić information content (AvgIpc) is 3.19. The summed E-state index contributed by atoms with van der Waals surface area (Å²) in [5, 5.41) is 27.4. The monoisotopic (exact) mass is 505 g/mol. The SMILES string of the molecule is C/C(=N\OC(=O)N(CCO)CCNC(C)C)[C@H]1CC[C@H]2[C@@H]3CC[C@H]4C[C@@H](O)CC[C@]4(C)[C@H]3CC[C@]12C. The Morgan fingerprint density at radius 3 is 2.50 bits per heavy atom. The van der Waals surface area contributed by atoms with Crippen molar-refractivity contribution in [3.63, 3.8) is 0 Å². The van der Waals surface area contributed by atoms with E-state index in [1.165, 1.54) is 43.4 Å². The number of nitrogens with zero attached hydrogens (tertiary/aromatic N) is 2. The Morgan fingerprint density at radius 2 is 1.78 bits per heavy atom.